The molecule has 0 atom stereocenters. The van der Waals surface area contributed by atoms with Crippen LogP contribution >= 0.6 is 11.8 Å². The minimum absolute atomic E-state index is 0.198. The number of furan rings is 1. The zero-order chi connectivity index (χ0) is 23.9. The van der Waals surface area contributed by atoms with Crippen molar-refractivity contribution in [1.82, 2.24) is 25.1 Å². The molecule has 8 nitrogen and oxygen atoms in total. The quantitative estimate of drug-likeness (QED) is 0.272. The van der Waals surface area contributed by atoms with E-state index in [1.807, 2.05) is 31.1 Å². The minimum Gasteiger partial charge on any atom is -0.459 e. The lowest BCUT2D eigenvalue weighted by Gasteiger charge is -2.25. The summed E-state index contributed by atoms with van der Waals surface area (Å²) in [5.41, 5.74) is 4.84. The average molecular weight is 481 g/mol. The fourth-order valence-corrected chi connectivity index (χ4v) is 4.93. The van der Waals surface area contributed by atoms with Crippen LogP contribution in [-0.4, -0.2) is 51.6 Å². The Morgan fingerprint density at radius 2 is 1.94 bits per heavy atom. The van der Waals surface area contributed by atoms with Crippen LogP contribution in [0.2, 0.25) is 0 Å². The molecule has 180 valence electrons. The van der Waals surface area contributed by atoms with Gasteiger partial charge in [-0.1, -0.05) is 60.9 Å². The molecule has 0 saturated heterocycles. The van der Waals surface area contributed by atoms with Gasteiger partial charge in [-0.05, 0) is 46.0 Å². The third-order valence-electron chi connectivity index (χ3n) is 5.78. The number of amides is 1. The van der Waals surface area contributed by atoms with Crippen molar-refractivity contribution in [2.24, 2.45) is 5.10 Å². The van der Waals surface area contributed by atoms with E-state index in [4.69, 9.17) is 4.42 Å². The van der Waals surface area contributed by atoms with Crippen molar-refractivity contribution in [3.8, 4) is 11.4 Å². The van der Waals surface area contributed by atoms with Gasteiger partial charge >= 0.3 is 0 Å². The molecule has 9 heteroatoms. The number of aryl methyl sites for hydroxylation is 1. The molecule has 1 N–H and O–H groups in total. The number of hydrazone groups is 1. The molecule has 34 heavy (non-hydrogen) atoms. The van der Waals surface area contributed by atoms with Crippen molar-refractivity contribution >= 4 is 23.9 Å². The van der Waals surface area contributed by atoms with Crippen LogP contribution in [0.3, 0.4) is 0 Å². The molecule has 1 aromatic carbocycles. The first-order valence-corrected chi connectivity index (χ1v) is 12.7. The summed E-state index contributed by atoms with van der Waals surface area (Å²) < 4.78 is 7.91. The second-order valence-electron chi connectivity index (χ2n) is 8.96. The second kappa shape index (κ2) is 11.5. The second-order valence-corrected chi connectivity index (χ2v) is 9.90. The highest BCUT2D eigenvalue weighted by molar-refractivity contribution is 7.99. The van der Waals surface area contributed by atoms with Crippen LogP contribution in [0.15, 0.2) is 51.1 Å². The number of hydrogen-bond donors (Lipinski definition) is 1. The molecule has 1 aliphatic carbocycles. The third-order valence-corrected chi connectivity index (χ3v) is 6.73. The maximum Gasteiger partial charge on any atom is 0.250 e. The fraction of sp³-hybridized carbons (Fsp3) is 0.440. The van der Waals surface area contributed by atoms with E-state index in [0.717, 1.165) is 35.1 Å². The number of rotatable bonds is 9. The molecular formula is C25H32N6O2S. The van der Waals surface area contributed by atoms with Crippen LogP contribution < -0.4 is 5.43 Å². The van der Waals surface area contributed by atoms with Crippen LogP contribution in [0.1, 0.15) is 55.2 Å². The molecule has 0 bridgehead atoms. The predicted octanol–water partition coefficient (Wildman–Crippen LogP) is 4.66. The predicted molar refractivity (Wildman–Crippen MR) is 135 cm³/mol. The topological polar surface area (TPSA) is 88.6 Å². The van der Waals surface area contributed by atoms with Gasteiger partial charge in [0.15, 0.2) is 11.0 Å². The van der Waals surface area contributed by atoms with Crippen LogP contribution in [0.5, 0.6) is 0 Å². The number of nitrogens with one attached hydrogen (secondary N) is 1. The molecule has 0 aliphatic heterocycles. The maximum absolute atomic E-state index is 12.4. The van der Waals surface area contributed by atoms with Gasteiger partial charge in [-0.2, -0.15) is 5.10 Å². The number of carbonyl (C=O) groups excluding carboxylic acids is 1. The summed E-state index contributed by atoms with van der Waals surface area (Å²) in [4.78, 5) is 14.4. The zero-order valence-electron chi connectivity index (χ0n) is 20.0. The molecule has 1 saturated carbocycles. The van der Waals surface area contributed by atoms with E-state index in [1.54, 1.807) is 0 Å². The fourth-order valence-electron chi connectivity index (χ4n) is 4.13. The van der Waals surface area contributed by atoms with E-state index in [0.29, 0.717) is 18.3 Å². The van der Waals surface area contributed by atoms with Crippen LogP contribution in [-0.2, 0) is 11.3 Å². The van der Waals surface area contributed by atoms with Gasteiger partial charge in [-0.15, -0.1) is 10.2 Å². The van der Waals surface area contributed by atoms with Gasteiger partial charge in [-0.25, -0.2) is 5.43 Å². The number of thioether (sulfide) groups is 1. The summed E-state index contributed by atoms with van der Waals surface area (Å²) >= 11 is 1.40. The van der Waals surface area contributed by atoms with E-state index in [2.05, 4.69) is 56.5 Å². The summed E-state index contributed by atoms with van der Waals surface area (Å²) in [6.07, 6.45) is 7.42. The minimum atomic E-state index is -0.198. The molecule has 2 heterocycles. The summed E-state index contributed by atoms with van der Waals surface area (Å²) in [6, 6.07) is 12.5. The molecule has 3 aromatic rings. The summed E-state index contributed by atoms with van der Waals surface area (Å²) in [5, 5.41) is 13.8. The highest BCUT2D eigenvalue weighted by Gasteiger charge is 2.24. The lowest BCUT2D eigenvalue weighted by Crippen LogP contribution is -2.20. The normalized spacial score (nSPS) is 14.8. The Kier molecular flexibility index (Phi) is 8.18. The molecule has 1 aliphatic rings. The smallest absolute Gasteiger partial charge is 0.250 e. The van der Waals surface area contributed by atoms with E-state index >= 15 is 0 Å². The van der Waals surface area contributed by atoms with Crippen molar-refractivity contribution in [3.63, 3.8) is 0 Å². The zero-order valence-corrected chi connectivity index (χ0v) is 20.8. The van der Waals surface area contributed by atoms with Crippen LogP contribution in [0, 0.1) is 6.92 Å². The first-order chi connectivity index (χ1) is 16.5. The van der Waals surface area contributed by atoms with Crippen molar-refractivity contribution in [3.05, 3.63) is 53.5 Å². The van der Waals surface area contributed by atoms with E-state index in [-0.39, 0.29) is 11.7 Å². The SMILES string of the molecule is Cc1ccc(-c2nnc(SCC(=O)NN=Cc3ccc(CN(C)C)o3)n2C2CCCCC2)cc1. The lowest BCUT2D eigenvalue weighted by molar-refractivity contribution is -0.118. The molecule has 2 aromatic heterocycles. The van der Waals surface area contributed by atoms with Gasteiger partial charge < -0.3 is 9.32 Å². The number of aromatic nitrogens is 3. The van der Waals surface area contributed by atoms with Crippen molar-refractivity contribution in [2.75, 3.05) is 19.8 Å². The van der Waals surface area contributed by atoms with Gasteiger partial charge in [0.1, 0.15) is 11.5 Å². The summed E-state index contributed by atoms with van der Waals surface area (Å²) in [7, 11) is 3.96. The Hall–Kier alpha value is -2.91. The van der Waals surface area contributed by atoms with Gasteiger partial charge in [0, 0.05) is 11.6 Å². The molecule has 1 amide bonds. The lowest BCUT2D eigenvalue weighted by atomic mass is 9.95. The van der Waals surface area contributed by atoms with E-state index in [1.165, 1.54) is 42.8 Å². The van der Waals surface area contributed by atoms with E-state index in [9.17, 15) is 4.79 Å². The Bertz CT molecular complexity index is 1110. The van der Waals surface area contributed by atoms with Crippen molar-refractivity contribution in [2.45, 2.75) is 56.8 Å². The molecule has 0 radical (unpaired) electrons. The number of hydrogen-bond acceptors (Lipinski definition) is 7. The Morgan fingerprint density at radius 3 is 2.68 bits per heavy atom. The highest BCUT2D eigenvalue weighted by Crippen LogP contribution is 2.35. The third kappa shape index (κ3) is 6.36. The molecule has 1 fully saturated rings. The van der Waals surface area contributed by atoms with Crippen molar-refractivity contribution < 1.29 is 9.21 Å². The average Bonchev–Trinajstić information content (AvgIpc) is 3.45. The maximum atomic E-state index is 12.4. The Labute approximate surface area is 204 Å². The highest BCUT2D eigenvalue weighted by atomic mass is 32.2. The molecule has 0 unspecified atom stereocenters. The summed E-state index contributed by atoms with van der Waals surface area (Å²) in [6.45, 7) is 2.79. The van der Waals surface area contributed by atoms with Gasteiger partial charge in [0.25, 0.3) is 5.91 Å². The number of nitrogens with zero attached hydrogens (tertiary/aromatic N) is 5. The molecular weight excluding hydrogens is 448 g/mol. The van der Waals surface area contributed by atoms with Crippen molar-refractivity contribution in [1.29, 1.82) is 0 Å². The van der Waals surface area contributed by atoms with Crippen LogP contribution in [0.25, 0.3) is 11.4 Å². The largest absolute Gasteiger partial charge is 0.459 e. The first kappa shape index (κ1) is 24.2. The summed E-state index contributed by atoms with van der Waals surface area (Å²) in [5.74, 6) is 2.33. The van der Waals surface area contributed by atoms with Gasteiger partial charge in [0.2, 0.25) is 0 Å². The molecule has 4 rings (SSSR count). The Morgan fingerprint density at radius 1 is 1.18 bits per heavy atom. The standard InChI is InChI=1S/C25H32N6O2S/c1-18-9-11-19(12-10-18)24-28-29-25(31(24)20-7-5-4-6-8-20)34-17-23(32)27-26-15-21-13-14-22(33-21)16-30(2)3/h9-15,20H,4-8,16-17H2,1-3H3,(H,27,32). The van der Waals surface area contributed by atoms with Gasteiger partial charge in [-0.3, -0.25) is 9.36 Å². The van der Waals surface area contributed by atoms with Crippen LogP contribution in [0.4, 0.5) is 0 Å². The monoisotopic (exact) mass is 480 g/mol. The van der Waals surface area contributed by atoms with Gasteiger partial charge in [0.05, 0.1) is 18.5 Å². The first-order valence-electron chi connectivity index (χ1n) is 11.7. The number of carbonyl (C=O) groups is 1. The Balaban J connectivity index is 1.40. The van der Waals surface area contributed by atoms with E-state index < -0.39 is 0 Å². The molecule has 0 spiro atoms. The number of benzene rings is 1.